The summed E-state index contributed by atoms with van der Waals surface area (Å²) in [6.45, 7) is 15.9. The highest BCUT2D eigenvalue weighted by Crippen LogP contribution is 2.32. The molecule has 0 saturated heterocycles. The van der Waals surface area contributed by atoms with Crippen LogP contribution in [0.4, 0.5) is 4.79 Å². The van der Waals surface area contributed by atoms with Crippen LogP contribution in [0.2, 0.25) is 0 Å². The van der Waals surface area contributed by atoms with Crippen molar-refractivity contribution in [3.63, 3.8) is 0 Å². The number of nitrogens with two attached hydrogens (primary N) is 1. The molecular weight excluding hydrogens is 472 g/mol. The first-order valence-electron chi connectivity index (χ1n) is 12.3. The third kappa shape index (κ3) is 10.2. The normalized spacial score (nSPS) is 13.5. The Labute approximate surface area is 220 Å². The maximum atomic E-state index is 14.2. The van der Waals surface area contributed by atoms with Gasteiger partial charge in [-0.1, -0.05) is 24.1 Å². The first kappa shape index (κ1) is 31.5. The molecule has 1 aromatic rings. The Morgan fingerprint density at radius 3 is 2.05 bits per heavy atom. The van der Waals surface area contributed by atoms with Gasteiger partial charge in [0.05, 0.1) is 0 Å². The van der Waals surface area contributed by atoms with Crippen LogP contribution in [0.3, 0.4) is 0 Å². The van der Waals surface area contributed by atoms with Crippen molar-refractivity contribution in [2.24, 2.45) is 5.73 Å². The largest absolute Gasteiger partial charge is 0.444 e. The summed E-state index contributed by atoms with van der Waals surface area (Å²) >= 11 is 0. The molecule has 1 rings (SSSR count). The standard InChI is InChI=1S/C28H42N4O5/c1-11-18-14-12-13-15-19(18)22(23(34)31-26(2,3)4)32(27(5,6)7)24(35)20(16-17-21(29)33)30-25(36)37-28(8,9)10/h1,12-15,20,22H,16-17H2,2-10H3,(H2,29,33)(H,30,36)(H,31,34). The van der Waals surface area contributed by atoms with Gasteiger partial charge >= 0.3 is 6.09 Å². The van der Waals surface area contributed by atoms with Crippen molar-refractivity contribution >= 4 is 23.8 Å². The van der Waals surface area contributed by atoms with Crippen LogP contribution in [0.25, 0.3) is 0 Å². The molecule has 0 aliphatic heterocycles. The second-order valence-electron chi connectivity index (χ2n) is 12.0. The molecule has 0 saturated carbocycles. The highest BCUT2D eigenvalue weighted by Gasteiger charge is 2.43. The molecule has 2 atom stereocenters. The van der Waals surface area contributed by atoms with E-state index in [9.17, 15) is 19.2 Å². The van der Waals surface area contributed by atoms with Crippen LogP contribution in [0.15, 0.2) is 24.3 Å². The summed E-state index contributed by atoms with van der Waals surface area (Å²) in [7, 11) is 0. The molecule has 0 heterocycles. The monoisotopic (exact) mass is 514 g/mol. The van der Waals surface area contributed by atoms with Crippen LogP contribution in [0.1, 0.15) is 92.3 Å². The number of ether oxygens (including phenoxy) is 1. The van der Waals surface area contributed by atoms with E-state index >= 15 is 0 Å². The number of primary amides is 1. The molecule has 0 fully saturated rings. The Kier molecular flexibility index (Phi) is 10.3. The van der Waals surface area contributed by atoms with Gasteiger partial charge in [-0.15, -0.1) is 6.42 Å². The number of carbonyl (C=O) groups is 4. The van der Waals surface area contributed by atoms with Crippen molar-refractivity contribution in [1.82, 2.24) is 15.5 Å². The summed E-state index contributed by atoms with van der Waals surface area (Å²) < 4.78 is 5.34. The fourth-order valence-corrected chi connectivity index (χ4v) is 3.71. The van der Waals surface area contributed by atoms with Crippen LogP contribution >= 0.6 is 0 Å². The van der Waals surface area contributed by atoms with Crippen LogP contribution in [-0.4, -0.2) is 51.4 Å². The Bertz CT molecular complexity index is 1040. The van der Waals surface area contributed by atoms with Crippen LogP contribution in [0, 0.1) is 12.3 Å². The topological polar surface area (TPSA) is 131 Å². The lowest BCUT2D eigenvalue weighted by Gasteiger charge is -2.44. The number of nitrogens with one attached hydrogen (secondary N) is 2. The van der Waals surface area contributed by atoms with Crippen LogP contribution < -0.4 is 16.4 Å². The van der Waals surface area contributed by atoms with Crippen molar-refractivity contribution in [3.05, 3.63) is 35.4 Å². The number of nitrogens with zero attached hydrogens (tertiary/aromatic N) is 1. The molecule has 4 amide bonds. The highest BCUT2D eigenvalue weighted by molar-refractivity contribution is 5.93. The molecule has 0 bridgehead atoms. The van der Waals surface area contributed by atoms with Gasteiger partial charge in [-0.05, 0) is 80.4 Å². The molecule has 9 heteroatoms. The van der Waals surface area contributed by atoms with E-state index in [2.05, 4.69) is 16.6 Å². The molecule has 4 N–H and O–H groups in total. The molecular formula is C28H42N4O5. The zero-order valence-corrected chi connectivity index (χ0v) is 23.5. The number of rotatable bonds is 8. The van der Waals surface area contributed by atoms with Gasteiger partial charge in [0, 0.05) is 23.1 Å². The zero-order valence-electron chi connectivity index (χ0n) is 23.5. The van der Waals surface area contributed by atoms with Crippen molar-refractivity contribution in [2.45, 2.75) is 104 Å². The van der Waals surface area contributed by atoms with E-state index in [1.807, 2.05) is 20.8 Å². The van der Waals surface area contributed by atoms with E-state index in [1.54, 1.807) is 65.8 Å². The molecule has 0 radical (unpaired) electrons. The zero-order chi connectivity index (χ0) is 28.8. The SMILES string of the molecule is C#Cc1ccccc1C(C(=O)NC(C)(C)C)N(C(=O)C(CCC(N)=O)NC(=O)OC(C)(C)C)C(C)(C)C. The number of alkyl carbamates (subject to hydrolysis) is 1. The molecule has 0 aliphatic carbocycles. The first-order chi connectivity index (χ1) is 16.8. The molecule has 37 heavy (non-hydrogen) atoms. The number of terminal acetylenes is 1. The molecule has 0 spiro atoms. The number of benzene rings is 1. The van der Waals surface area contributed by atoms with Crippen molar-refractivity contribution in [1.29, 1.82) is 0 Å². The lowest BCUT2D eigenvalue weighted by molar-refractivity contribution is -0.149. The van der Waals surface area contributed by atoms with Gasteiger partial charge in [-0.25, -0.2) is 4.79 Å². The van der Waals surface area contributed by atoms with Gasteiger partial charge in [-0.3, -0.25) is 14.4 Å². The average molecular weight is 515 g/mol. The van der Waals surface area contributed by atoms with E-state index in [0.717, 1.165) is 0 Å². The van der Waals surface area contributed by atoms with Crippen molar-refractivity contribution in [2.75, 3.05) is 0 Å². The summed E-state index contributed by atoms with van der Waals surface area (Å²) in [5.74, 6) is 0.941. The molecule has 2 unspecified atom stereocenters. The number of hydrogen-bond acceptors (Lipinski definition) is 5. The predicted molar refractivity (Wildman–Crippen MR) is 143 cm³/mol. The Hall–Kier alpha value is -3.54. The summed E-state index contributed by atoms with van der Waals surface area (Å²) in [4.78, 5) is 53.5. The molecule has 204 valence electrons. The minimum Gasteiger partial charge on any atom is -0.444 e. The molecule has 0 aliphatic rings. The summed E-state index contributed by atoms with van der Waals surface area (Å²) in [5, 5.41) is 5.52. The second kappa shape index (κ2) is 12.1. The fourth-order valence-electron chi connectivity index (χ4n) is 3.71. The molecule has 1 aromatic carbocycles. The lowest BCUT2D eigenvalue weighted by Crippen LogP contribution is -2.59. The van der Waals surface area contributed by atoms with E-state index in [4.69, 9.17) is 16.9 Å². The predicted octanol–water partition coefficient (Wildman–Crippen LogP) is 3.41. The van der Waals surface area contributed by atoms with E-state index in [-0.39, 0.29) is 12.8 Å². The summed E-state index contributed by atoms with van der Waals surface area (Å²) in [5.41, 5.74) is 3.94. The Balaban J connectivity index is 3.71. The first-order valence-corrected chi connectivity index (χ1v) is 12.3. The maximum Gasteiger partial charge on any atom is 0.408 e. The third-order valence-corrected chi connectivity index (χ3v) is 5.04. The lowest BCUT2D eigenvalue weighted by atomic mass is 9.91. The highest BCUT2D eigenvalue weighted by atomic mass is 16.6. The van der Waals surface area contributed by atoms with Gasteiger partial charge in [-0.2, -0.15) is 0 Å². The second-order valence-corrected chi connectivity index (χ2v) is 12.0. The van der Waals surface area contributed by atoms with E-state index in [1.165, 1.54) is 4.90 Å². The molecule has 0 aromatic heterocycles. The maximum absolute atomic E-state index is 14.2. The number of hydrogen-bond donors (Lipinski definition) is 3. The van der Waals surface area contributed by atoms with Crippen LogP contribution in [0.5, 0.6) is 0 Å². The van der Waals surface area contributed by atoms with Gasteiger partial charge in [0.15, 0.2) is 0 Å². The van der Waals surface area contributed by atoms with Gasteiger partial charge in [0.2, 0.25) is 17.7 Å². The quantitative estimate of drug-likeness (QED) is 0.458. The van der Waals surface area contributed by atoms with E-state index in [0.29, 0.717) is 11.1 Å². The Morgan fingerprint density at radius 1 is 1.03 bits per heavy atom. The summed E-state index contributed by atoms with van der Waals surface area (Å²) in [6.07, 6.45) is 4.69. The van der Waals surface area contributed by atoms with E-state index < -0.39 is 52.6 Å². The third-order valence-electron chi connectivity index (χ3n) is 5.04. The fraction of sp³-hybridized carbons (Fsp3) is 0.571. The van der Waals surface area contributed by atoms with Crippen LogP contribution in [-0.2, 0) is 19.1 Å². The minimum atomic E-state index is -1.19. The smallest absolute Gasteiger partial charge is 0.408 e. The number of amides is 4. The Morgan fingerprint density at radius 2 is 1.59 bits per heavy atom. The van der Waals surface area contributed by atoms with Gasteiger partial charge in [0.1, 0.15) is 17.7 Å². The average Bonchev–Trinajstić information content (AvgIpc) is 2.70. The van der Waals surface area contributed by atoms with Crippen molar-refractivity contribution in [3.8, 4) is 12.3 Å². The van der Waals surface area contributed by atoms with Gasteiger partial charge in [0.25, 0.3) is 0 Å². The minimum absolute atomic E-state index is 0.0790. The number of carbonyl (C=O) groups excluding carboxylic acids is 4. The summed E-state index contributed by atoms with van der Waals surface area (Å²) in [6, 6.07) is 4.57. The van der Waals surface area contributed by atoms with Crippen molar-refractivity contribution < 1.29 is 23.9 Å². The molecule has 9 nitrogen and oxygen atoms in total. The van der Waals surface area contributed by atoms with Gasteiger partial charge < -0.3 is 26.0 Å².